The molecule has 1 aromatic heterocycles. The fraction of sp³-hybridized carbons (Fsp3) is 0.412. The van der Waals surface area contributed by atoms with Crippen molar-refractivity contribution in [1.29, 1.82) is 0 Å². The van der Waals surface area contributed by atoms with Crippen molar-refractivity contribution in [2.45, 2.75) is 39.3 Å². The molecule has 5 nitrogen and oxygen atoms in total. The van der Waals surface area contributed by atoms with E-state index in [4.69, 9.17) is 0 Å². The van der Waals surface area contributed by atoms with Crippen LogP contribution in [-0.4, -0.2) is 33.3 Å². The van der Waals surface area contributed by atoms with Crippen molar-refractivity contribution in [3.8, 4) is 0 Å². The summed E-state index contributed by atoms with van der Waals surface area (Å²) in [7, 11) is 0. The van der Waals surface area contributed by atoms with E-state index in [-0.39, 0.29) is 12.1 Å². The molecular formula is C17H22N4O. The first-order valence-electron chi connectivity index (χ1n) is 7.76. The molecule has 1 aromatic carbocycles. The van der Waals surface area contributed by atoms with Crippen molar-refractivity contribution < 1.29 is 4.79 Å². The summed E-state index contributed by atoms with van der Waals surface area (Å²) in [5, 5.41) is 7.30. The summed E-state index contributed by atoms with van der Waals surface area (Å²) in [6, 6.07) is 8.10. The Bertz CT molecular complexity index is 651. The van der Waals surface area contributed by atoms with Crippen LogP contribution in [0.15, 0.2) is 36.7 Å². The van der Waals surface area contributed by atoms with Crippen LogP contribution in [0.5, 0.6) is 0 Å². The van der Waals surface area contributed by atoms with Crippen LogP contribution in [0.2, 0.25) is 0 Å². The molecular weight excluding hydrogens is 276 g/mol. The molecule has 2 amide bonds. The molecule has 0 spiro atoms. The molecule has 2 heterocycles. The van der Waals surface area contributed by atoms with E-state index in [2.05, 4.69) is 23.4 Å². The predicted octanol–water partition coefficient (Wildman–Crippen LogP) is 3.20. The monoisotopic (exact) mass is 298 g/mol. The number of benzene rings is 1. The first kappa shape index (κ1) is 14.6. The number of hydrogen-bond acceptors (Lipinski definition) is 2. The Morgan fingerprint density at radius 1 is 1.36 bits per heavy atom. The number of hydrogen-bond donors (Lipinski definition) is 1. The molecule has 1 fully saturated rings. The molecule has 22 heavy (non-hydrogen) atoms. The van der Waals surface area contributed by atoms with E-state index in [0.29, 0.717) is 0 Å². The van der Waals surface area contributed by atoms with Gasteiger partial charge in [0.05, 0.1) is 12.6 Å². The highest BCUT2D eigenvalue weighted by molar-refractivity contribution is 5.90. The molecule has 1 N–H and O–H groups in total. The Morgan fingerprint density at radius 2 is 2.23 bits per heavy atom. The molecule has 5 heteroatoms. The van der Waals surface area contributed by atoms with E-state index in [1.165, 1.54) is 5.56 Å². The molecule has 0 aliphatic carbocycles. The lowest BCUT2D eigenvalue weighted by molar-refractivity contribution is 0.199. The summed E-state index contributed by atoms with van der Waals surface area (Å²) < 4.78 is 1.90. The Balaban J connectivity index is 1.69. The van der Waals surface area contributed by atoms with Gasteiger partial charge in [0.2, 0.25) is 0 Å². The fourth-order valence-corrected chi connectivity index (χ4v) is 2.99. The van der Waals surface area contributed by atoms with E-state index in [1.807, 2.05) is 40.9 Å². The molecule has 0 bridgehead atoms. The number of carbonyl (C=O) groups is 1. The summed E-state index contributed by atoms with van der Waals surface area (Å²) in [6.07, 6.45) is 5.79. The van der Waals surface area contributed by atoms with Gasteiger partial charge in [0, 0.05) is 24.6 Å². The SMILES string of the molecule is Cc1cccc(NC(=O)N2CCC[C@H]2Cn2cccn2)c1C. The molecule has 116 valence electrons. The first-order chi connectivity index (χ1) is 10.6. The molecule has 1 atom stereocenters. The topological polar surface area (TPSA) is 50.2 Å². The zero-order valence-corrected chi connectivity index (χ0v) is 13.1. The van der Waals surface area contributed by atoms with Crippen LogP contribution >= 0.6 is 0 Å². The number of aromatic nitrogens is 2. The van der Waals surface area contributed by atoms with Gasteiger partial charge in [0.15, 0.2) is 0 Å². The zero-order chi connectivity index (χ0) is 15.5. The van der Waals surface area contributed by atoms with Gasteiger partial charge < -0.3 is 10.2 Å². The normalized spacial score (nSPS) is 17.7. The number of nitrogens with one attached hydrogen (secondary N) is 1. The smallest absolute Gasteiger partial charge is 0.320 e. The number of rotatable bonds is 3. The second kappa shape index (κ2) is 6.22. The number of nitrogens with zero attached hydrogens (tertiary/aromatic N) is 3. The predicted molar refractivity (Wildman–Crippen MR) is 86.9 cm³/mol. The Morgan fingerprint density at radius 3 is 3.00 bits per heavy atom. The Labute approximate surface area is 130 Å². The lowest BCUT2D eigenvalue weighted by Crippen LogP contribution is -2.41. The van der Waals surface area contributed by atoms with Crippen LogP contribution in [0.4, 0.5) is 10.5 Å². The van der Waals surface area contributed by atoms with E-state index in [9.17, 15) is 4.79 Å². The standard InChI is InChI=1S/C17H22N4O/c1-13-6-3-8-16(14(13)2)19-17(22)21-11-4-7-15(21)12-20-10-5-9-18-20/h3,5-6,8-10,15H,4,7,11-12H2,1-2H3,(H,19,22)/t15-/m0/s1. The molecule has 1 aliphatic rings. The van der Waals surface area contributed by atoms with Crippen molar-refractivity contribution in [3.63, 3.8) is 0 Å². The number of urea groups is 1. The highest BCUT2D eigenvalue weighted by atomic mass is 16.2. The quantitative estimate of drug-likeness (QED) is 0.946. The van der Waals surface area contributed by atoms with E-state index >= 15 is 0 Å². The minimum Gasteiger partial charge on any atom is -0.320 e. The van der Waals surface area contributed by atoms with Crippen molar-refractivity contribution >= 4 is 11.7 Å². The van der Waals surface area contributed by atoms with Gasteiger partial charge in [-0.15, -0.1) is 0 Å². The van der Waals surface area contributed by atoms with Gasteiger partial charge in [-0.3, -0.25) is 4.68 Å². The zero-order valence-electron chi connectivity index (χ0n) is 13.1. The van der Waals surface area contributed by atoms with Gasteiger partial charge in [-0.1, -0.05) is 12.1 Å². The highest BCUT2D eigenvalue weighted by Crippen LogP contribution is 2.22. The number of anilines is 1. The third-order valence-corrected chi connectivity index (χ3v) is 4.44. The van der Waals surface area contributed by atoms with Crippen LogP contribution < -0.4 is 5.32 Å². The van der Waals surface area contributed by atoms with Gasteiger partial charge in [-0.05, 0) is 49.9 Å². The van der Waals surface area contributed by atoms with Gasteiger partial charge >= 0.3 is 6.03 Å². The van der Waals surface area contributed by atoms with Crippen molar-refractivity contribution in [1.82, 2.24) is 14.7 Å². The van der Waals surface area contributed by atoms with Crippen LogP contribution in [0.3, 0.4) is 0 Å². The van der Waals surface area contributed by atoms with Crippen LogP contribution in [0.1, 0.15) is 24.0 Å². The summed E-state index contributed by atoms with van der Waals surface area (Å²) in [4.78, 5) is 14.5. The Kier molecular flexibility index (Phi) is 4.13. The molecule has 0 unspecified atom stereocenters. The highest BCUT2D eigenvalue weighted by Gasteiger charge is 2.29. The third kappa shape index (κ3) is 2.98. The maximum absolute atomic E-state index is 12.6. The lowest BCUT2D eigenvalue weighted by Gasteiger charge is -2.25. The van der Waals surface area contributed by atoms with Crippen LogP contribution in [0, 0.1) is 13.8 Å². The van der Waals surface area contributed by atoms with Gasteiger partial charge in [0.1, 0.15) is 0 Å². The summed E-state index contributed by atoms with van der Waals surface area (Å²) in [5.74, 6) is 0. The average Bonchev–Trinajstić information content (AvgIpc) is 3.16. The second-order valence-electron chi connectivity index (χ2n) is 5.90. The lowest BCUT2D eigenvalue weighted by atomic mass is 10.1. The van der Waals surface area contributed by atoms with Crippen LogP contribution in [-0.2, 0) is 6.54 Å². The van der Waals surface area contributed by atoms with Crippen LogP contribution in [0.25, 0.3) is 0 Å². The van der Waals surface area contributed by atoms with E-state index < -0.39 is 0 Å². The molecule has 0 radical (unpaired) electrons. The number of aryl methyl sites for hydroxylation is 1. The Hall–Kier alpha value is -2.30. The minimum atomic E-state index is -0.0108. The summed E-state index contributed by atoms with van der Waals surface area (Å²) in [5.41, 5.74) is 3.21. The van der Waals surface area contributed by atoms with E-state index in [1.54, 1.807) is 6.20 Å². The maximum atomic E-state index is 12.6. The third-order valence-electron chi connectivity index (χ3n) is 4.44. The van der Waals surface area contributed by atoms with Gasteiger partial charge in [0.25, 0.3) is 0 Å². The first-order valence-corrected chi connectivity index (χ1v) is 7.76. The van der Waals surface area contributed by atoms with E-state index in [0.717, 1.165) is 37.2 Å². The van der Waals surface area contributed by atoms with Gasteiger partial charge in [-0.2, -0.15) is 5.10 Å². The summed E-state index contributed by atoms with van der Waals surface area (Å²) >= 11 is 0. The van der Waals surface area contributed by atoms with Crippen molar-refractivity contribution in [2.75, 3.05) is 11.9 Å². The van der Waals surface area contributed by atoms with Crippen molar-refractivity contribution in [3.05, 3.63) is 47.8 Å². The minimum absolute atomic E-state index is 0.0108. The van der Waals surface area contributed by atoms with Gasteiger partial charge in [-0.25, -0.2) is 4.79 Å². The average molecular weight is 298 g/mol. The molecule has 3 rings (SSSR count). The summed E-state index contributed by atoms with van der Waals surface area (Å²) in [6.45, 7) is 5.66. The van der Waals surface area contributed by atoms with Crippen molar-refractivity contribution in [2.24, 2.45) is 0 Å². The molecule has 1 saturated heterocycles. The second-order valence-corrected chi connectivity index (χ2v) is 5.90. The number of carbonyl (C=O) groups excluding carboxylic acids is 1. The molecule has 2 aromatic rings. The molecule has 1 aliphatic heterocycles. The largest absolute Gasteiger partial charge is 0.322 e. The maximum Gasteiger partial charge on any atom is 0.322 e. The fourth-order valence-electron chi connectivity index (χ4n) is 2.99. The number of likely N-dealkylation sites (tertiary alicyclic amines) is 1. The molecule has 0 saturated carbocycles. The number of amides is 2.